The van der Waals surface area contributed by atoms with Gasteiger partial charge >= 0.3 is 0 Å². The molecule has 4 heteroatoms. The quantitative estimate of drug-likeness (QED) is 0.851. The van der Waals surface area contributed by atoms with Crippen molar-refractivity contribution in [3.63, 3.8) is 0 Å². The fourth-order valence-electron chi connectivity index (χ4n) is 3.72. The van der Waals surface area contributed by atoms with Crippen molar-refractivity contribution < 1.29 is 5.11 Å². The Morgan fingerprint density at radius 2 is 2.11 bits per heavy atom. The Kier molecular flexibility index (Phi) is 2.94. The zero-order valence-corrected chi connectivity index (χ0v) is 11.3. The number of nitrogens with one attached hydrogen (secondary N) is 1. The van der Waals surface area contributed by atoms with Gasteiger partial charge < -0.3 is 10.4 Å². The molecule has 3 heterocycles. The minimum Gasteiger partial charge on any atom is -0.389 e. The van der Waals surface area contributed by atoms with E-state index in [-0.39, 0.29) is 0 Å². The van der Waals surface area contributed by atoms with E-state index in [2.05, 4.69) is 23.4 Å². The second-order valence-corrected chi connectivity index (χ2v) is 6.04. The lowest BCUT2D eigenvalue weighted by atomic mass is 9.83. The summed E-state index contributed by atoms with van der Waals surface area (Å²) in [5.74, 6) is 0. The van der Waals surface area contributed by atoms with Crippen LogP contribution in [0.15, 0.2) is 6.07 Å². The number of aliphatic hydroxyl groups is 1. The molecule has 100 valence electrons. The van der Waals surface area contributed by atoms with Gasteiger partial charge in [-0.15, -0.1) is 0 Å². The molecular weight excluding hydrogens is 226 g/mol. The predicted molar refractivity (Wildman–Crippen MR) is 70.5 cm³/mol. The molecule has 0 saturated carbocycles. The highest BCUT2D eigenvalue weighted by Crippen LogP contribution is 2.36. The molecule has 2 N–H and O–H groups in total. The first-order valence-corrected chi connectivity index (χ1v) is 7.10. The summed E-state index contributed by atoms with van der Waals surface area (Å²) in [7, 11) is 0. The number of aryl methyl sites for hydroxylation is 2. The van der Waals surface area contributed by atoms with Crippen LogP contribution < -0.4 is 5.32 Å². The van der Waals surface area contributed by atoms with Crippen molar-refractivity contribution in [2.45, 2.75) is 70.2 Å². The van der Waals surface area contributed by atoms with Crippen molar-refractivity contribution in [1.29, 1.82) is 0 Å². The van der Waals surface area contributed by atoms with Gasteiger partial charge in [-0.3, -0.25) is 4.68 Å². The molecule has 4 nitrogen and oxygen atoms in total. The number of piperidine rings is 1. The van der Waals surface area contributed by atoms with Crippen LogP contribution in [0.4, 0.5) is 0 Å². The first-order chi connectivity index (χ1) is 8.58. The van der Waals surface area contributed by atoms with E-state index in [1.54, 1.807) is 0 Å². The molecule has 3 rings (SSSR count). The van der Waals surface area contributed by atoms with Gasteiger partial charge in [0, 0.05) is 30.7 Å². The van der Waals surface area contributed by atoms with Gasteiger partial charge in [-0.05, 0) is 45.6 Å². The summed E-state index contributed by atoms with van der Waals surface area (Å²) in [5, 5.41) is 18.9. The van der Waals surface area contributed by atoms with Crippen molar-refractivity contribution in [2.24, 2.45) is 0 Å². The van der Waals surface area contributed by atoms with Gasteiger partial charge in [0.15, 0.2) is 0 Å². The molecule has 0 amide bonds. The third-order valence-corrected chi connectivity index (χ3v) is 4.38. The van der Waals surface area contributed by atoms with E-state index in [4.69, 9.17) is 0 Å². The SMILES string of the molecule is CCn1nc(C)cc1CC1(O)CC2CCC(C1)N2. The van der Waals surface area contributed by atoms with Crippen molar-refractivity contribution in [3.8, 4) is 0 Å². The van der Waals surface area contributed by atoms with Gasteiger partial charge in [-0.2, -0.15) is 5.10 Å². The van der Waals surface area contributed by atoms with Gasteiger partial charge in [0.2, 0.25) is 0 Å². The van der Waals surface area contributed by atoms with Crippen LogP contribution in [0.3, 0.4) is 0 Å². The van der Waals surface area contributed by atoms with Crippen LogP contribution in [-0.4, -0.2) is 32.6 Å². The Labute approximate surface area is 108 Å². The van der Waals surface area contributed by atoms with Crippen molar-refractivity contribution >= 4 is 0 Å². The maximum atomic E-state index is 10.9. The average molecular weight is 249 g/mol. The van der Waals surface area contributed by atoms with Crippen LogP contribution in [0.1, 0.15) is 44.0 Å². The Hall–Kier alpha value is -0.870. The molecule has 2 saturated heterocycles. The number of aromatic nitrogens is 2. The van der Waals surface area contributed by atoms with E-state index in [9.17, 15) is 5.11 Å². The second kappa shape index (κ2) is 4.35. The van der Waals surface area contributed by atoms with Crippen LogP contribution in [0.2, 0.25) is 0 Å². The molecule has 0 aliphatic carbocycles. The highest BCUT2D eigenvalue weighted by Gasteiger charge is 2.42. The largest absolute Gasteiger partial charge is 0.389 e. The molecule has 0 radical (unpaired) electrons. The average Bonchev–Trinajstić information content (AvgIpc) is 2.81. The lowest BCUT2D eigenvalue weighted by molar-refractivity contribution is -0.00767. The summed E-state index contributed by atoms with van der Waals surface area (Å²) < 4.78 is 2.03. The Morgan fingerprint density at radius 1 is 1.44 bits per heavy atom. The Morgan fingerprint density at radius 3 is 2.72 bits per heavy atom. The number of hydrogen-bond donors (Lipinski definition) is 2. The van der Waals surface area contributed by atoms with Crippen molar-refractivity contribution in [2.75, 3.05) is 0 Å². The Balaban J connectivity index is 1.78. The summed E-state index contributed by atoms with van der Waals surface area (Å²) in [4.78, 5) is 0. The van der Waals surface area contributed by atoms with E-state index < -0.39 is 5.60 Å². The highest BCUT2D eigenvalue weighted by atomic mass is 16.3. The maximum Gasteiger partial charge on any atom is 0.0732 e. The van der Waals surface area contributed by atoms with Gasteiger partial charge in [0.25, 0.3) is 0 Å². The van der Waals surface area contributed by atoms with Crippen LogP contribution in [0.25, 0.3) is 0 Å². The first-order valence-electron chi connectivity index (χ1n) is 7.10. The summed E-state index contributed by atoms with van der Waals surface area (Å²) in [5.41, 5.74) is 1.70. The van der Waals surface area contributed by atoms with E-state index in [0.717, 1.165) is 31.5 Å². The molecule has 2 bridgehead atoms. The van der Waals surface area contributed by atoms with Crippen LogP contribution in [0.5, 0.6) is 0 Å². The molecule has 2 unspecified atom stereocenters. The van der Waals surface area contributed by atoms with Gasteiger partial charge in [0.1, 0.15) is 0 Å². The third kappa shape index (κ3) is 2.19. The van der Waals surface area contributed by atoms with Crippen LogP contribution >= 0.6 is 0 Å². The topological polar surface area (TPSA) is 50.1 Å². The van der Waals surface area contributed by atoms with Crippen LogP contribution in [-0.2, 0) is 13.0 Å². The van der Waals surface area contributed by atoms with E-state index >= 15 is 0 Å². The van der Waals surface area contributed by atoms with E-state index in [0.29, 0.717) is 12.1 Å². The molecule has 2 atom stereocenters. The Bertz CT molecular complexity index is 428. The standard InChI is InChI=1S/C14H23N3O/c1-3-17-13(6-10(2)16-17)9-14(18)7-11-4-5-12(8-14)15-11/h6,11-12,15,18H,3-5,7-9H2,1-2H3. The number of rotatable bonds is 3. The molecular formula is C14H23N3O. The zero-order valence-electron chi connectivity index (χ0n) is 11.3. The minimum atomic E-state index is -0.531. The second-order valence-electron chi connectivity index (χ2n) is 6.04. The summed E-state index contributed by atoms with van der Waals surface area (Å²) in [6.45, 7) is 5.00. The number of fused-ring (bicyclic) bond motifs is 2. The van der Waals surface area contributed by atoms with E-state index in [1.807, 2.05) is 11.6 Å². The van der Waals surface area contributed by atoms with Gasteiger partial charge in [-0.1, -0.05) is 0 Å². The summed E-state index contributed by atoms with van der Waals surface area (Å²) >= 11 is 0. The lowest BCUT2D eigenvalue weighted by Crippen LogP contribution is -2.49. The monoisotopic (exact) mass is 249 g/mol. The molecule has 1 aromatic rings. The normalized spacial score (nSPS) is 35.1. The fourth-order valence-corrected chi connectivity index (χ4v) is 3.72. The molecule has 2 aliphatic heterocycles. The molecule has 0 spiro atoms. The zero-order chi connectivity index (χ0) is 12.8. The minimum absolute atomic E-state index is 0.521. The third-order valence-electron chi connectivity index (χ3n) is 4.38. The van der Waals surface area contributed by atoms with Crippen molar-refractivity contribution in [3.05, 3.63) is 17.5 Å². The number of hydrogen-bond acceptors (Lipinski definition) is 3. The molecule has 18 heavy (non-hydrogen) atoms. The highest BCUT2D eigenvalue weighted by molar-refractivity contribution is 5.14. The molecule has 2 aliphatic rings. The first kappa shape index (κ1) is 12.2. The number of nitrogens with zero attached hydrogens (tertiary/aromatic N) is 2. The van der Waals surface area contributed by atoms with E-state index in [1.165, 1.54) is 18.5 Å². The van der Waals surface area contributed by atoms with Gasteiger partial charge in [-0.25, -0.2) is 0 Å². The molecule has 1 aromatic heterocycles. The fraction of sp³-hybridized carbons (Fsp3) is 0.786. The smallest absolute Gasteiger partial charge is 0.0732 e. The van der Waals surface area contributed by atoms with Crippen molar-refractivity contribution in [1.82, 2.24) is 15.1 Å². The predicted octanol–water partition coefficient (Wildman–Crippen LogP) is 1.40. The summed E-state index contributed by atoms with van der Waals surface area (Å²) in [6.07, 6.45) is 4.96. The molecule has 2 fully saturated rings. The molecule has 0 aromatic carbocycles. The van der Waals surface area contributed by atoms with Crippen LogP contribution in [0, 0.1) is 6.92 Å². The lowest BCUT2D eigenvalue weighted by Gasteiger charge is -2.37. The van der Waals surface area contributed by atoms with Gasteiger partial charge in [0.05, 0.1) is 11.3 Å². The maximum absolute atomic E-state index is 10.9. The summed E-state index contributed by atoms with van der Waals surface area (Å²) in [6, 6.07) is 3.16.